The van der Waals surface area contributed by atoms with Gasteiger partial charge in [-0.2, -0.15) is 0 Å². The van der Waals surface area contributed by atoms with Gasteiger partial charge in [0.05, 0.1) is 18.3 Å². The van der Waals surface area contributed by atoms with Crippen molar-refractivity contribution in [2.45, 2.75) is 104 Å². The molecule has 0 radical (unpaired) electrons. The number of allylic oxidation sites excluding steroid dienone is 1. The van der Waals surface area contributed by atoms with Crippen LogP contribution in [-0.4, -0.2) is 72.8 Å². The fraction of sp³-hybridized carbons (Fsp3) is 0.808. The molecule has 1 aliphatic carbocycles. The van der Waals surface area contributed by atoms with E-state index in [2.05, 4.69) is 25.7 Å². The summed E-state index contributed by atoms with van der Waals surface area (Å²) in [6, 6.07) is -0.146. The molecule has 1 fully saturated rings. The van der Waals surface area contributed by atoms with Crippen molar-refractivity contribution >= 4 is 5.91 Å². The zero-order chi connectivity index (χ0) is 23.7. The Kier molecular flexibility index (Phi) is 11.2. The van der Waals surface area contributed by atoms with E-state index >= 15 is 0 Å². The number of ether oxygens (including phenoxy) is 2. The highest BCUT2D eigenvalue weighted by Gasteiger charge is 2.29. The molecule has 0 bridgehead atoms. The summed E-state index contributed by atoms with van der Waals surface area (Å²) in [5, 5.41) is 0. The number of piperidine rings is 1. The van der Waals surface area contributed by atoms with Gasteiger partial charge in [-0.15, -0.1) is 0 Å². The smallest absolute Gasteiger partial charge is 0.249 e. The van der Waals surface area contributed by atoms with Crippen molar-refractivity contribution in [2.24, 2.45) is 5.73 Å². The summed E-state index contributed by atoms with van der Waals surface area (Å²) in [5.41, 5.74) is 8.01. The topological polar surface area (TPSA) is 68.0 Å². The molecule has 2 aliphatic rings. The minimum atomic E-state index is -0.146. The maximum Gasteiger partial charge on any atom is 0.249 e. The highest BCUT2D eigenvalue weighted by Crippen LogP contribution is 2.29. The molecule has 0 spiro atoms. The standard InChI is InChI=1S/C26H47N3O3/c1-7-14-28(9-3)18-22(8-2)32-23-12-15-29(16-13-23)26(30)21-10-11-25(31-19(4)5)24(17-21)20(6)27/h17,19-20,22-23H,7-16,18,27H2,1-6H3. The van der Waals surface area contributed by atoms with Gasteiger partial charge in [0.2, 0.25) is 5.91 Å². The molecule has 0 saturated carbocycles. The number of hydrogen-bond donors (Lipinski definition) is 1. The Morgan fingerprint density at radius 1 is 1.19 bits per heavy atom. The zero-order valence-corrected chi connectivity index (χ0v) is 21.4. The van der Waals surface area contributed by atoms with Crippen molar-refractivity contribution in [1.29, 1.82) is 0 Å². The molecule has 2 N–H and O–H groups in total. The van der Waals surface area contributed by atoms with Crippen LogP contribution in [0.15, 0.2) is 23.0 Å². The van der Waals surface area contributed by atoms with Gasteiger partial charge in [0.15, 0.2) is 0 Å². The van der Waals surface area contributed by atoms with E-state index in [1.165, 1.54) is 6.42 Å². The lowest BCUT2D eigenvalue weighted by Crippen LogP contribution is -2.44. The minimum Gasteiger partial charge on any atom is -0.495 e. The van der Waals surface area contributed by atoms with Gasteiger partial charge in [0.25, 0.3) is 0 Å². The fourth-order valence-corrected chi connectivity index (χ4v) is 4.62. The van der Waals surface area contributed by atoms with Gasteiger partial charge < -0.3 is 25.0 Å². The third-order valence-corrected chi connectivity index (χ3v) is 6.43. The summed E-state index contributed by atoms with van der Waals surface area (Å²) in [5.74, 6) is 1.09. The predicted octanol–water partition coefficient (Wildman–Crippen LogP) is 4.25. The van der Waals surface area contributed by atoms with Crippen LogP contribution in [0.5, 0.6) is 0 Å². The Labute approximate surface area is 196 Å². The summed E-state index contributed by atoms with van der Waals surface area (Å²) in [6.45, 7) is 17.4. The van der Waals surface area contributed by atoms with Gasteiger partial charge >= 0.3 is 0 Å². The molecule has 1 amide bonds. The van der Waals surface area contributed by atoms with E-state index in [-0.39, 0.29) is 30.3 Å². The fourth-order valence-electron chi connectivity index (χ4n) is 4.62. The van der Waals surface area contributed by atoms with Crippen LogP contribution in [0, 0.1) is 0 Å². The Morgan fingerprint density at radius 2 is 1.88 bits per heavy atom. The third-order valence-electron chi connectivity index (χ3n) is 6.43. The lowest BCUT2D eigenvalue weighted by atomic mass is 9.92. The number of likely N-dealkylation sites (tertiary alicyclic amines) is 1. The Morgan fingerprint density at radius 3 is 2.41 bits per heavy atom. The summed E-state index contributed by atoms with van der Waals surface area (Å²) in [7, 11) is 0. The van der Waals surface area contributed by atoms with Crippen molar-refractivity contribution in [2.75, 3.05) is 32.7 Å². The molecule has 32 heavy (non-hydrogen) atoms. The Balaban J connectivity index is 1.92. The number of nitrogens with two attached hydrogens (primary N) is 1. The van der Waals surface area contributed by atoms with Crippen molar-refractivity contribution in [3.63, 3.8) is 0 Å². The van der Waals surface area contributed by atoms with Crippen LogP contribution in [0.25, 0.3) is 0 Å². The van der Waals surface area contributed by atoms with Crippen LogP contribution >= 0.6 is 0 Å². The van der Waals surface area contributed by atoms with E-state index < -0.39 is 0 Å². The van der Waals surface area contributed by atoms with Crippen LogP contribution in [0.3, 0.4) is 0 Å². The summed E-state index contributed by atoms with van der Waals surface area (Å²) in [4.78, 5) is 17.7. The van der Waals surface area contributed by atoms with E-state index in [1.54, 1.807) is 0 Å². The number of nitrogens with zero attached hydrogens (tertiary/aromatic N) is 2. The van der Waals surface area contributed by atoms with Gasteiger partial charge in [-0.25, -0.2) is 0 Å². The second kappa shape index (κ2) is 13.4. The predicted molar refractivity (Wildman–Crippen MR) is 131 cm³/mol. The molecule has 1 saturated heterocycles. The number of carbonyl (C=O) groups is 1. The number of amides is 1. The number of rotatable bonds is 12. The van der Waals surface area contributed by atoms with Crippen LogP contribution in [0.2, 0.25) is 0 Å². The van der Waals surface area contributed by atoms with Crippen LogP contribution < -0.4 is 5.73 Å². The molecule has 2 rings (SSSR count). The molecule has 0 aromatic rings. The maximum atomic E-state index is 13.2. The first kappa shape index (κ1) is 26.9. The van der Waals surface area contributed by atoms with Gasteiger partial charge in [-0.3, -0.25) is 4.79 Å². The first-order valence-corrected chi connectivity index (χ1v) is 12.8. The van der Waals surface area contributed by atoms with Gasteiger partial charge in [0, 0.05) is 43.2 Å². The normalized spacial score (nSPS) is 20.0. The van der Waals surface area contributed by atoms with E-state index in [0.29, 0.717) is 0 Å². The quantitative estimate of drug-likeness (QED) is 0.482. The molecule has 184 valence electrons. The summed E-state index contributed by atoms with van der Waals surface area (Å²) in [6.07, 6.45) is 8.10. The molecule has 0 aromatic heterocycles. The van der Waals surface area contributed by atoms with Crippen LogP contribution in [0.1, 0.15) is 80.1 Å². The molecular formula is C26H47N3O3. The molecule has 0 aromatic carbocycles. The Bertz CT molecular complexity index is 649. The Hall–Kier alpha value is -1.37. The van der Waals surface area contributed by atoms with Crippen molar-refractivity contribution in [3.8, 4) is 0 Å². The van der Waals surface area contributed by atoms with Gasteiger partial charge in [0.1, 0.15) is 5.76 Å². The largest absolute Gasteiger partial charge is 0.495 e. The van der Waals surface area contributed by atoms with E-state index in [0.717, 1.165) is 81.7 Å². The number of hydrogen-bond acceptors (Lipinski definition) is 5. The first-order valence-electron chi connectivity index (χ1n) is 12.8. The molecule has 1 aliphatic heterocycles. The van der Waals surface area contributed by atoms with E-state index in [1.807, 2.05) is 31.7 Å². The molecule has 2 atom stereocenters. The molecule has 1 heterocycles. The molecule has 2 unspecified atom stereocenters. The van der Waals surface area contributed by atoms with Crippen molar-refractivity contribution in [3.05, 3.63) is 23.0 Å². The van der Waals surface area contributed by atoms with E-state index in [4.69, 9.17) is 15.2 Å². The zero-order valence-electron chi connectivity index (χ0n) is 21.4. The average molecular weight is 450 g/mol. The van der Waals surface area contributed by atoms with Crippen molar-refractivity contribution in [1.82, 2.24) is 9.80 Å². The maximum absolute atomic E-state index is 13.2. The second-order valence-electron chi connectivity index (χ2n) is 9.55. The molecule has 6 nitrogen and oxygen atoms in total. The lowest BCUT2D eigenvalue weighted by molar-refractivity contribution is -0.131. The SMILES string of the molecule is CCCN(CC)CC(CC)OC1CCN(C(=O)C2=CC(C(C)N)=C(OC(C)C)CC2)CC1. The minimum absolute atomic E-state index is 0.113. The average Bonchev–Trinajstić information content (AvgIpc) is 2.77. The van der Waals surface area contributed by atoms with Gasteiger partial charge in [-0.1, -0.05) is 20.8 Å². The highest BCUT2D eigenvalue weighted by atomic mass is 16.5. The molecule has 6 heteroatoms. The van der Waals surface area contributed by atoms with Crippen molar-refractivity contribution < 1.29 is 14.3 Å². The summed E-state index contributed by atoms with van der Waals surface area (Å²) < 4.78 is 12.4. The molecular weight excluding hydrogens is 402 g/mol. The lowest BCUT2D eigenvalue weighted by Gasteiger charge is -2.36. The first-order chi connectivity index (χ1) is 15.3. The second-order valence-corrected chi connectivity index (χ2v) is 9.55. The third kappa shape index (κ3) is 7.89. The van der Waals surface area contributed by atoms with Crippen LogP contribution in [-0.2, 0) is 14.3 Å². The number of carbonyl (C=O) groups excluding carboxylic acids is 1. The highest BCUT2D eigenvalue weighted by molar-refractivity contribution is 5.94. The van der Waals surface area contributed by atoms with Gasteiger partial charge in [-0.05, 0) is 72.0 Å². The summed E-state index contributed by atoms with van der Waals surface area (Å²) >= 11 is 0. The number of likely N-dealkylation sites (N-methyl/N-ethyl adjacent to an activating group) is 1. The van der Waals surface area contributed by atoms with E-state index in [9.17, 15) is 4.79 Å². The van der Waals surface area contributed by atoms with Crippen LogP contribution in [0.4, 0.5) is 0 Å². The monoisotopic (exact) mass is 449 g/mol.